The van der Waals surface area contributed by atoms with E-state index >= 15 is 0 Å². The van der Waals surface area contributed by atoms with E-state index in [2.05, 4.69) is 25.7 Å². The molecular formula is C15H20FNS. The second kappa shape index (κ2) is 8.18. The maximum Gasteiger partial charge on any atom is 0.138 e. The Balaban J connectivity index is 2.61. The first-order chi connectivity index (χ1) is 8.67. The molecule has 1 aromatic rings. The number of rotatable bonds is 5. The van der Waals surface area contributed by atoms with Crippen molar-refractivity contribution >= 4 is 11.8 Å². The average Bonchev–Trinajstić information content (AvgIpc) is 2.38. The van der Waals surface area contributed by atoms with Crippen LogP contribution < -0.4 is 5.73 Å². The fourth-order valence-corrected chi connectivity index (χ4v) is 2.57. The van der Waals surface area contributed by atoms with Gasteiger partial charge in [-0.05, 0) is 29.4 Å². The summed E-state index contributed by atoms with van der Waals surface area (Å²) in [6.07, 6.45) is 1.20. The summed E-state index contributed by atoms with van der Waals surface area (Å²) in [6, 6.07) is 5.13. The lowest BCUT2D eigenvalue weighted by atomic mass is 10.1. The van der Waals surface area contributed by atoms with Crippen LogP contribution in [0.2, 0.25) is 0 Å². The van der Waals surface area contributed by atoms with Gasteiger partial charge >= 0.3 is 0 Å². The van der Waals surface area contributed by atoms with Gasteiger partial charge in [0.1, 0.15) is 5.82 Å². The molecule has 0 bridgehead atoms. The highest BCUT2D eigenvalue weighted by atomic mass is 32.2. The van der Waals surface area contributed by atoms with Crippen molar-refractivity contribution in [3.8, 4) is 11.8 Å². The van der Waals surface area contributed by atoms with Crippen LogP contribution in [0.4, 0.5) is 4.39 Å². The SMILES string of the molecule is CCC(C)CSCc1ccc(F)c(C#CCN)c1. The van der Waals surface area contributed by atoms with Crippen LogP contribution in [0.15, 0.2) is 18.2 Å². The van der Waals surface area contributed by atoms with E-state index in [9.17, 15) is 4.39 Å². The van der Waals surface area contributed by atoms with Gasteiger partial charge in [0.15, 0.2) is 0 Å². The number of thioether (sulfide) groups is 1. The minimum absolute atomic E-state index is 0.256. The maximum atomic E-state index is 13.4. The van der Waals surface area contributed by atoms with Crippen LogP contribution in [0, 0.1) is 23.6 Å². The summed E-state index contributed by atoms with van der Waals surface area (Å²) in [4.78, 5) is 0. The lowest BCUT2D eigenvalue weighted by Gasteiger charge is -2.08. The summed E-state index contributed by atoms with van der Waals surface area (Å²) in [6.45, 7) is 4.70. The Bertz CT molecular complexity index is 434. The molecule has 0 amide bonds. The molecule has 0 radical (unpaired) electrons. The van der Waals surface area contributed by atoms with Crippen molar-refractivity contribution in [2.45, 2.75) is 26.0 Å². The fourth-order valence-electron chi connectivity index (χ4n) is 1.40. The molecule has 18 heavy (non-hydrogen) atoms. The molecule has 98 valence electrons. The maximum absolute atomic E-state index is 13.4. The molecule has 0 heterocycles. The predicted octanol–water partition coefficient (Wildman–Crippen LogP) is 3.42. The standard InChI is InChI=1S/C15H20FNS/c1-3-12(2)10-18-11-13-6-7-15(16)14(9-13)5-4-8-17/h6-7,9,12H,3,8,10-11,17H2,1-2H3. The quantitative estimate of drug-likeness (QED) is 0.826. The van der Waals surface area contributed by atoms with Crippen LogP contribution in [0.5, 0.6) is 0 Å². The van der Waals surface area contributed by atoms with Crippen LogP contribution in [-0.4, -0.2) is 12.3 Å². The molecule has 1 unspecified atom stereocenters. The van der Waals surface area contributed by atoms with E-state index in [0.29, 0.717) is 5.56 Å². The van der Waals surface area contributed by atoms with Gasteiger partial charge in [-0.1, -0.05) is 38.2 Å². The Hall–Kier alpha value is -0.980. The second-order valence-corrected chi connectivity index (χ2v) is 5.38. The van der Waals surface area contributed by atoms with Crippen LogP contribution in [0.3, 0.4) is 0 Å². The number of halogens is 1. The number of nitrogens with two attached hydrogens (primary N) is 1. The van der Waals surface area contributed by atoms with Crippen LogP contribution >= 0.6 is 11.8 Å². The summed E-state index contributed by atoms with van der Waals surface area (Å²) in [5.74, 6) is 7.95. The highest BCUT2D eigenvalue weighted by Crippen LogP contribution is 2.19. The smallest absolute Gasteiger partial charge is 0.138 e. The zero-order chi connectivity index (χ0) is 13.4. The molecule has 1 rings (SSSR count). The molecular weight excluding hydrogens is 245 g/mol. The molecule has 0 aliphatic rings. The largest absolute Gasteiger partial charge is 0.320 e. The molecule has 0 saturated heterocycles. The van der Waals surface area contributed by atoms with Crippen molar-refractivity contribution in [2.75, 3.05) is 12.3 Å². The van der Waals surface area contributed by atoms with Crippen molar-refractivity contribution < 1.29 is 4.39 Å². The summed E-state index contributed by atoms with van der Waals surface area (Å²) in [7, 11) is 0. The Morgan fingerprint density at radius 3 is 2.89 bits per heavy atom. The third-order valence-electron chi connectivity index (χ3n) is 2.72. The zero-order valence-corrected chi connectivity index (χ0v) is 11.8. The predicted molar refractivity (Wildman–Crippen MR) is 77.9 cm³/mol. The van der Waals surface area contributed by atoms with Gasteiger partial charge in [-0.15, -0.1) is 0 Å². The molecule has 0 aliphatic carbocycles. The Kier molecular flexibility index (Phi) is 6.85. The average molecular weight is 265 g/mol. The zero-order valence-electron chi connectivity index (χ0n) is 11.0. The van der Waals surface area contributed by atoms with E-state index < -0.39 is 0 Å². The number of benzene rings is 1. The minimum atomic E-state index is -0.272. The van der Waals surface area contributed by atoms with Crippen LogP contribution in [0.1, 0.15) is 31.4 Å². The molecule has 0 fully saturated rings. The Morgan fingerprint density at radius 1 is 1.44 bits per heavy atom. The van der Waals surface area contributed by atoms with E-state index in [1.807, 2.05) is 23.9 Å². The topological polar surface area (TPSA) is 26.0 Å². The lowest BCUT2D eigenvalue weighted by Crippen LogP contribution is -1.97. The Morgan fingerprint density at radius 2 is 2.22 bits per heavy atom. The molecule has 3 heteroatoms. The molecule has 1 atom stereocenters. The number of hydrogen-bond acceptors (Lipinski definition) is 2. The first-order valence-electron chi connectivity index (χ1n) is 6.22. The lowest BCUT2D eigenvalue weighted by molar-refractivity contribution is 0.623. The van der Waals surface area contributed by atoms with E-state index in [0.717, 1.165) is 23.0 Å². The van der Waals surface area contributed by atoms with Gasteiger partial charge in [-0.3, -0.25) is 0 Å². The van der Waals surface area contributed by atoms with Gasteiger partial charge in [0.05, 0.1) is 12.1 Å². The Labute approximate surface area is 113 Å². The third kappa shape index (κ3) is 5.12. The third-order valence-corrected chi connectivity index (χ3v) is 4.07. The van der Waals surface area contributed by atoms with E-state index in [4.69, 9.17) is 5.73 Å². The molecule has 0 aliphatic heterocycles. The van der Waals surface area contributed by atoms with Crippen molar-refractivity contribution in [3.63, 3.8) is 0 Å². The molecule has 0 saturated carbocycles. The summed E-state index contributed by atoms with van der Waals surface area (Å²) < 4.78 is 13.4. The number of hydrogen-bond donors (Lipinski definition) is 1. The molecule has 0 aromatic heterocycles. The van der Waals surface area contributed by atoms with Crippen molar-refractivity contribution in [2.24, 2.45) is 11.7 Å². The van der Waals surface area contributed by atoms with Gasteiger partial charge in [-0.25, -0.2) is 4.39 Å². The van der Waals surface area contributed by atoms with Gasteiger partial charge in [0.2, 0.25) is 0 Å². The van der Waals surface area contributed by atoms with Gasteiger partial charge in [0, 0.05) is 5.75 Å². The van der Waals surface area contributed by atoms with Crippen molar-refractivity contribution in [3.05, 3.63) is 35.1 Å². The second-order valence-electron chi connectivity index (χ2n) is 4.35. The van der Waals surface area contributed by atoms with Crippen molar-refractivity contribution in [1.82, 2.24) is 0 Å². The van der Waals surface area contributed by atoms with E-state index in [1.54, 1.807) is 0 Å². The minimum Gasteiger partial charge on any atom is -0.320 e. The van der Waals surface area contributed by atoms with Gasteiger partial charge < -0.3 is 5.73 Å². The summed E-state index contributed by atoms with van der Waals surface area (Å²) in [5.41, 5.74) is 6.86. The monoisotopic (exact) mass is 265 g/mol. The molecule has 0 spiro atoms. The first kappa shape index (κ1) is 15.1. The molecule has 2 N–H and O–H groups in total. The van der Waals surface area contributed by atoms with Crippen LogP contribution in [-0.2, 0) is 5.75 Å². The summed E-state index contributed by atoms with van der Waals surface area (Å²) >= 11 is 1.88. The van der Waals surface area contributed by atoms with Crippen LogP contribution in [0.25, 0.3) is 0 Å². The van der Waals surface area contributed by atoms with E-state index in [1.165, 1.54) is 12.5 Å². The van der Waals surface area contributed by atoms with Gasteiger partial charge in [0.25, 0.3) is 0 Å². The normalized spacial score (nSPS) is 11.8. The summed E-state index contributed by atoms with van der Waals surface area (Å²) in [5, 5.41) is 0. The highest BCUT2D eigenvalue weighted by molar-refractivity contribution is 7.98. The first-order valence-corrected chi connectivity index (χ1v) is 7.38. The molecule has 1 nitrogen and oxygen atoms in total. The van der Waals surface area contributed by atoms with Gasteiger partial charge in [-0.2, -0.15) is 11.8 Å². The fraction of sp³-hybridized carbons (Fsp3) is 0.467. The highest BCUT2D eigenvalue weighted by Gasteiger charge is 2.03. The van der Waals surface area contributed by atoms with Crippen molar-refractivity contribution in [1.29, 1.82) is 0 Å². The molecule has 1 aromatic carbocycles. The van der Waals surface area contributed by atoms with E-state index in [-0.39, 0.29) is 12.4 Å².